The van der Waals surface area contributed by atoms with Gasteiger partial charge >= 0.3 is 5.97 Å². The molecule has 0 amide bonds. The summed E-state index contributed by atoms with van der Waals surface area (Å²) in [5, 5.41) is 8.39. The summed E-state index contributed by atoms with van der Waals surface area (Å²) in [4.78, 5) is 10.2. The van der Waals surface area contributed by atoms with E-state index in [-0.39, 0.29) is 5.92 Å². The molecule has 1 rings (SSSR count). The maximum Gasteiger partial charge on any atom is 0.306 e. The third kappa shape index (κ3) is 0.997. The van der Waals surface area contributed by atoms with Gasteiger partial charge in [0.2, 0.25) is 0 Å². The van der Waals surface area contributed by atoms with Crippen LogP contribution in [-0.4, -0.2) is 11.1 Å². The third-order valence-corrected chi connectivity index (χ3v) is 1.52. The Morgan fingerprint density at radius 1 is 1.75 bits per heavy atom. The zero-order valence-corrected chi connectivity index (χ0v) is 4.63. The van der Waals surface area contributed by atoms with Gasteiger partial charge in [-0.25, -0.2) is 0 Å². The van der Waals surface area contributed by atoms with Crippen molar-refractivity contribution in [1.82, 2.24) is 0 Å². The van der Waals surface area contributed by atoms with Crippen LogP contribution in [0.1, 0.15) is 19.3 Å². The molecule has 1 saturated carbocycles. The monoisotopic (exact) mass is 113 g/mol. The normalized spacial score (nSPS) is 21.5. The van der Waals surface area contributed by atoms with E-state index in [1.54, 1.807) is 0 Å². The Kier molecular flexibility index (Phi) is 1.51. The molecule has 2 nitrogen and oxygen atoms in total. The summed E-state index contributed by atoms with van der Waals surface area (Å²) >= 11 is 0. The molecule has 0 aromatic rings. The van der Waals surface area contributed by atoms with Crippen LogP contribution in [0, 0.1) is 12.3 Å². The molecule has 0 aromatic heterocycles. The Hall–Kier alpha value is -0.530. The topological polar surface area (TPSA) is 37.3 Å². The highest BCUT2D eigenvalue weighted by molar-refractivity contribution is 5.70. The second-order valence-corrected chi connectivity index (χ2v) is 2.14. The Bertz CT molecular complexity index is 92.7. The maximum atomic E-state index is 10.2. The zero-order chi connectivity index (χ0) is 5.98. The van der Waals surface area contributed by atoms with Gasteiger partial charge in [-0.2, -0.15) is 0 Å². The van der Waals surface area contributed by atoms with Crippen molar-refractivity contribution in [2.24, 2.45) is 5.92 Å². The summed E-state index contributed by atoms with van der Waals surface area (Å²) in [6, 6.07) is 0. The molecule has 1 N–H and O–H groups in total. The molecule has 1 aliphatic rings. The van der Waals surface area contributed by atoms with Crippen LogP contribution < -0.4 is 0 Å². The third-order valence-electron chi connectivity index (χ3n) is 1.52. The van der Waals surface area contributed by atoms with Crippen molar-refractivity contribution in [3.8, 4) is 0 Å². The Balaban J connectivity index is 2.35. The predicted octanol–water partition coefficient (Wildman–Crippen LogP) is 1.08. The SMILES string of the molecule is O=C(O)[C@@H]1C[CH]CC1. The van der Waals surface area contributed by atoms with E-state index in [1.165, 1.54) is 0 Å². The number of aliphatic carboxylic acids is 1. The smallest absolute Gasteiger partial charge is 0.306 e. The van der Waals surface area contributed by atoms with Gasteiger partial charge in [0.15, 0.2) is 0 Å². The number of rotatable bonds is 1. The van der Waals surface area contributed by atoms with Gasteiger partial charge in [0.25, 0.3) is 0 Å². The van der Waals surface area contributed by atoms with Crippen molar-refractivity contribution in [2.45, 2.75) is 19.3 Å². The largest absolute Gasteiger partial charge is 0.481 e. The average Bonchev–Trinajstić information content (AvgIpc) is 2.12. The second kappa shape index (κ2) is 2.16. The molecule has 45 valence electrons. The number of carboxylic acid groups (broad SMARTS) is 1. The van der Waals surface area contributed by atoms with Gasteiger partial charge in [-0.05, 0) is 25.7 Å². The molecule has 1 atom stereocenters. The van der Waals surface area contributed by atoms with Crippen LogP contribution in [-0.2, 0) is 4.79 Å². The first-order chi connectivity index (χ1) is 3.80. The highest BCUT2D eigenvalue weighted by Crippen LogP contribution is 2.23. The standard InChI is InChI=1S/C6H9O2/c7-6(8)5-3-1-2-4-5/h1,5H,2-4H2,(H,7,8)/t5-/m1/s1. The van der Waals surface area contributed by atoms with Crippen molar-refractivity contribution in [2.75, 3.05) is 0 Å². The van der Waals surface area contributed by atoms with Gasteiger partial charge in [0.05, 0.1) is 5.92 Å². The molecule has 0 heterocycles. The van der Waals surface area contributed by atoms with E-state index < -0.39 is 5.97 Å². The highest BCUT2D eigenvalue weighted by Gasteiger charge is 2.21. The van der Waals surface area contributed by atoms with E-state index in [0.29, 0.717) is 0 Å². The van der Waals surface area contributed by atoms with Gasteiger partial charge in [-0.15, -0.1) is 0 Å². The number of hydrogen-bond donors (Lipinski definition) is 1. The number of hydrogen-bond acceptors (Lipinski definition) is 1. The van der Waals surface area contributed by atoms with E-state index in [9.17, 15) is 4.79 Å². The van der Waals surface area contributed by atoms with E-state index in [2.05, 4.69) is 0 Å². The Labute approximate surface area is 48.5 Å². The molecular weight excluding hydrogens is 104 g/mol. The van der Waals surface area contributed by atoms with Gasteiger partial charge < -0.3 is 5.11 Å². The summed E-state index contributed by atoms with van der Waals surface area (Å²) in [5.74, 6) is -0.714. The second-order valence-electron chi connectivity index (χ2n) is 2.14. The van der Waals surface area contributed by atoms with Crippen LogP contribution in [0.3, 0.4) is 0 Å². The molecule has 0 aliphatic heterocycles. The zero-order valence-electron chi connectivity index (χ0n) is 4.63. The van der Waals surface area contributed by atoms with Crippen LogP contribution in [0.2, 0.25) is 0 Å². The van der Waals surface area contributed by atoms with E-state index in [0.717, 1.165) is 19.3 Å². The lowest BCUT2D eigenvalue weighted by molar-refractivity contribution is -0.141. The van der Waals surface area contributed by atoms with Crippen molar-refractivity contribution in [1.29, 1.82) is 0 Å². The minimum Gasteiger partial charge on any atom is -0.481 e. The van der Waals surface area contributed by atoms with Crippen LogP contribution >= 0.6 is 0 Å². The molecule has 8 heavy (non-hydrogen) atoms. The fourth-order valence-electron chi connectivity index (χ4n) is 0.980. The van der Waals surface area contributed by atoms with Gasteiger partial charge in [-0.1, -0.05) is 0 Å². The van der Waals surface area contributed by atoms with Gasteiger partial charge in [0, 0.05) is 0 Å². The van der Waals surface area contributed by atoms with Crippen molar-refractivity contribution < 1.29 is 9.90 Å². The lowest BCUT2D eigenvalue weighted by atomic mass is 10.1. The molecule has 1 fully saturated rings. The molecule has 1 aliphatic carbocycles. The summed E-state index contributed by atoms with van der Waals surface area (Å²) in [6.45, 7) is 0. The summed E-state index contributed by atoms with van der Waals surface area (Å²) in [5.41, 5.74) is 0. The number of carboxylic acids is 1. The highest BCUT2D eigenvalue weighted by atomic mass is 16.4. The number of carbonyl (C=O) groups is 1. The van der Waals surface area contributed by atoms with E-state index >= 15 is 0 Å². The average molecular weight is 113 g/mol. The van der Waals surface area contributed by atoms with Crippen LogP contribution in [0.15, 0.2) is 0 Å². The lowest BCUT2D eigenvalue weighted by Gasteiger charge is -1.97. The predicted molar refractivity (Wildman–Crippen MR) is 29.3 cm³/mol. The molecule has 0 saturated heterocycles. The summed E-state index contributed by atoms with van der Waals surface area (Å²) in [7, 11) is 0. The quantitative estimate of drug-likeness (QED) is 0.552. The summed E-state index contributed by atoms with van der Waals surface area (Å²) in [6.07, 6.45) is 4.64. The van der Waals surface area contributed by atoms with Crippen LogP contribution in [0.4, 0.5) is 0 Å². The Morgan fingerprint density at radius 2 is 2.50 bits per heavy atom. The minimum atomic E-state index is -0.640. The summed E-state index contributed by atoms with van der Waals surface area (Å²) < 4.78 is 0. The van der Waals surface area contributed by atoms with Crippen molar-refractivity contribution in [3.63, 3.8) is 0 Å². The lowest BCUT2D eigenvalue weighted by Crippen LogP contribution is -2.07. The fourth-order valence-corrected chi connectivity index (χ4v) is 0.980. The minimum absolute atomic E-state index is 0.0741. The molecule has 1 radical (unpaired) electrons. The molecule has 0 spiro atoms. The van der Waals surface area contributed by atoms with E-state index in [4.69, 9.17) is 5.11 Å². The van der Waals surface area contributed by atoms with Gasteiger partial charge in [0.1, 0.15) is 0 Å². The Morgan fingerprint density at radius 3 is 2.75 bits per heavy atom. The van der Waals surface area contributed by atoms with E-state index in [1.807, 2.05) is 6.42 Å². The van der Waals surface area contributed by atoms with Crippen LogP contribution in [0.25, 0.3) is 0 Å². The first kappa shape index (κ1) is 5.60. The maximum absolute atomic E-state index is 10.2. The van der Waals surface area contributed by atoms with Crippen molar-refractivity contribution >= 4 is 5.97 Å². The molecule has 0 bridgehead atoms. The molecule has 2 heteroatoms. The first-order valence-electron chi connectivity index (χ1n) is 2.85. The molecule has 0 unspecified atom stereocenters. The first-order valence-corrected chi connectivity index (χ1v) is 2.85. The van der Waals surface area contributed by atoms with Crippen molar-refractivity contribution in [3.05, 3.63) is 6.42 Å². The fraction of sp³-hybridized carbons (Fsp3) is 0.667. The molecular formula is C6H9O2. The van der Waals surface area contributed by atoms with Gasteiger partial charge in [-0.3, -0.25) is 4.79 Å². The molecule has 0 aromatic carbocycles. The van der Waals surface area contributed by atoms with Crippen LogP contribution in [0.5, 0.6) is 0 Å².